The molecular formula is C25H24ClF2N3O3S. The van der Waals surface area contributed by atoms with Gasteiger partial charge in [-0.1, -0.05) is 18.2 Å². The summed E-state index contributed by atoms with van der Waals surface area (Å²) in [5.74, 6) is -0.750. The largest absolute Gasteiger partial charge is 0.494 e. The van der Waals surface area contributed by atoms with Crippen LogP contribution in [0.5, 0.6) is 5.75 Å². The van der Waals surface area contributed by atoms with Gasteiger partial charge in [0.05, 0.1) is 19.2 Å². The lowest BCUT2D eigenvalue weighted by atomic mass is 10.1. The van der Waals surface area contributed by atoms with Gasteiger partial charge in [-0.25, -0.2) is 13.6 Å². The molecule has 0 unspecified atom stereocenters. The van der Waals surface area contributed by atoms with E-state index in [2.05, 4.69) is 5.32 Å². The van der Waals surface area contributed by atoms with Gasteiger partial charge in [-0.05, 0) is 67.4 Å². The van der Waals surface area contributed by atoms with E-state index in [-0.39, 0.29) is 42.1 Å². The first-order valence-electron chi connectivity index (χ1n) is 11.0. The van der Waals surface area contributed by atoms with Crippen LogP contribution in [0.1, 0.15) is 24.4 Å². The molecule has 1 aliphatic heterocycles. The molecule has 184 valence electrons. The van der Waals surface area contributed by atoms with Crippen molar-refractivity contribution in [1.82, 2.24) is 14.5 Å². The Bertz CT molecular complexity index is 1470. The molecule has 3 heterocycles. The Hall–Kier alpha value is -3.01. The highest BCUT2D eigenvalue weighted by atomic mass is 35.5. The van der Waals surface area contributed by atoms with Gasteiger partial charge in [-0.3, -0.25) is 13.9 Å². The quantitative estimate of drug-likeness (QED) is 0.419. The standard InChI is InChI=1S/C25H23F2N3O3S.ClH/c1-33-21-7-2-15(12-19(21)27)14-29-20-13-22(16-3-5-17(26)6-4-16)34-23(20)24(31)30(25(29)32)18-8-10-28-11-9-18;/h2-7,12-13,18,28H,8-11,14H2,1H3;1H. The molecule has 0 atom stereocenters. The van der Waals surface area contributed by atoms with Crippen LogP contribution >= 0.6 is 23.7 Å². The highest BCUT2D eigenvalue weighted by molar-refractivity contribution is 7.22. The van der Waals surface area contributed by atoms with Gasteiger partial charge < -0.3 is 10.1 Å². The van der Waals surface area contributed by atoms with E-state index in [1.165, 1.54) is 51.8 Å². The molecule has 0 radical (unpaired) electrons. The average Bonchev–Trinajstić information content (AvgIpc) is 3.29. The van der Waals surface area contributed by atoms with Crippen LogP contribution in [0.3, 0.4) is 0 Å². The topological polar surface area (TPSA) is 65.3 Å². The minimum Gasteiger partial charge on any atom is -0.494 e. The second-order valence-corrected chi connectivity index (χ2v) is 9.38. The zero-order valence-corrected chi connectivity index (χ0v) is 20.6. The van der Waals surface area contributed by atoms with Crippen molar-refractivity contribution in [3.05, 3.63) is 86.6 Å². The fourth-order valence-corrected chi connectivity index (χ4v) is 5.56. The molecule has 1 saturated heterocycles. The van der Waals surface area contributed by atoms with Crippen molar-refractivity contribution in [2.24, 2.45) is 0 Å². The number of thiophene rings is 1. The van der Waals surface area contributed by atoms with Gasteiger partial charge in [0.2, 0.25) is 0 Å². The Morgan fingerprint density at radius 3 is 2.43 bits per heavy atom. The lowest BCUT2D eigenvalue weighted by molar-refractivity contribution is 0.346. The highest BCUT2D eigenvalue weighted by Crippen LogP contribution is 2.32. The SMILES string of the molecule is COc1ccc(Cn2c(=O)n(C3CCNCC3)c(=O)c3sc(-c4ccc(F)cc4)cc32)cc1F.Cl. The third kappa shape index (κ3) is 4.76. The molecule has 0 saturated carbocycles. The lowest BCUT2D eigenvalue weighted by Crippen LogP contribution is -2.45. The van der Waals surface area contributed by atoms with Crippen molar-refractivity contribution in [3.8, 4) is 16.2 Å². The van der Waals surface area contributed by atoms with Crippen LogP contribution in [0.4, 0.5) is 8.78 Å². The number of nitrogens with zero attached hydrogens (tertiary/aromatic N) is 2. The molecule has 0 amide bonds. The number of benzene rings is 2. The first-order valence-corrected chi connectivity index (χ1v) is 11.9. The Morgan fingerprint density at radius 1 is 1.06 bits per heavy atom. The Balaban J connectivity index is 0.00000289. The average molecular weight is 520 g/mol. The number of nitrogens with one attached hydrogen (secondary N) is 1. The van der Waals surface area contributed by atoms with Crippen LogP contribution in [0, 0.1) is 11.6 Å². The summed E-state index contributed by atoms with van der Waals surface area (Å²) >= 11 is 1.28. The number of ether oxygens (including phenoxy) is 1. The number of rotatable bonds is 5. The number of hydrogen-bond donors (Lipinski definition) is 1. The fourth-order valence-electron chi connectivity index (χ4n) is 4.45. The zero-order chi connectivity index (χ0) is 23.8. The summed E-state index contributed by atoms with van der Waals surface area (Å²) in [5, 5.41) is 3.26. The maximum absolute atomic E-state index is 14.4. The van der Waals surface area contributed by atoms with E-state index < -0.39 is 11.5 Å². The van der Waals surface area contributed by atoms with Crippen molar-refractivity contribution >= 4 is 34.0 Å². The molecule has 4 aromatic rings. The summed E-state index contributed by atoms with van der Waals surface area (Å²) in [7, 11) is 1.39. The summed E-state index contributed by atoms with van der Waals surface area (Å²) in [5.41, 5.74) is 1.09. The lowest BCUT2D eigenvalue weighted by Gasteiger charge is -2.25. The van der Waals surface area contributed by atoms with E-state index in [1.807, 2.05) is 0 Å². The third-order valence-electron chi connectivity index (χ3n) is 6.21. The fraction of sp³-hybridized carbons (Fsp3) is 0.280. The van der Waals surface area contributed by atoms with Gasteiger partial charge in [-0.2, -0.15) is 0 Å². The van der Waals surface area contributed by atoms with Gasteiger partial charge in [0.1, 0.15) is 10.5 Å². The molecule has 0 aliphatic carbocycles. The van der Waals surface area contributed by atoms with Gasteiger partial charge in [0.25, 0.3) is 5.56 Å². The van der Waals surface area contributed by atoms with Gasteiger partial charge in [0.15, 0.2) is 11.6 Å². The van der Waals surface area contributed by atoms with Gasteiger partial charge in [0, 0.05) is 10.9 Å². The van der Waals surface area contributed by atoms with Crippen LogP contribution < -0.4 is 21.3 Å². The predicted octanol–water partition coefficient (Wildman–Crippen LogP) is 4.57. The van der Waals surface area contributed by atoms with Crippen LogP contribution in [0.25, 0.3) is 20.7 Å². The Kier molecular flexibility index (Phi) is 7.39. The van der Waals surface area contributed by atoms with E-state index in [9.17, 15) is 18.4 Å². The van der Waals surface area contributed by atoms with Crippen LogP contribution in [-0.2, 0) is 6.54 Å². The van der Waals surface area contributed by atoms with Crippen LogP contribution in [-0.4, -0.2) is 29.3 Å². The summed E-state index contributed by atoms with van der Waals surface area (Å²) in [6, 6.07) is 12.1. The van der Waals surface area contributed by atoms with Crippen molar-refractivity contribution in [2.45, 2.75) is 25.4 Å². The predicted molar refractivity (Wildman–Crippen MR) is 136 cm³/mol. The third-order valence-corrected chi connectivity index (χ3v) is 7.37. The molecule has 1 aliphatic rings. The number of halogens is 3. The minimum atomic E-state index is -0.520. The minimum absolute atomic E-state index is 0. The summed E-state index contributed by atoms with van der Waals surface area (Å²) in [6.07, 6.45) is 1.35. The van der Waals surface area contributed by atoms with Gasteiger partial charge >= 0.3 is 5.69 Å². The summed E-state index contributed by atoms with van der Waals surface area (Å²) < 4.78 is 36.1. The van der Waals surface area contributed by atoms with Crippen LogP contribution in [0.15, 0.2) is 58.1 Å². The normalized spacial score (nSPS) is 14.1. The molecule has 35 heavy (non-hydrogen) atoms. The molecule has 0 spiro atoms. The number of methoxy groups -OCH3 is 1. The zero-order valence-electron chi connectivity index (χ0n) is 18.9. The molecule has 2 aromatic heterocycles. The summed E-state index contributed by atoms with van der Waals surface area (Å²) in [6.45, 7) is 1.55. The maximum Gasteiger partial charge on any atom is 0.332 e. The molecule has 1 N–H and O–H groups in total. The van der Waals surface area contributed by atoms with E-state index in [0.717, 1.165) is 23.5 Å². The van der Waals surface area contributed by atoms with Gasteiger partial charge in [-0.15, -0.1) is 23.7 Å². The molecule has 5 rings (SSSR count). The van der Waals surface area contributed by atoms with E-state index in [0.29, 0.717) is 28.6 Å². The van der Waals surface area contributed by atoms with E-state index in [1.54, 1.807) is 24.3 Å². The monoisotopic (exact) mass is 519 g/mol. The highest BCUT2D eigenvalue weighted by Gasteiger charge is 2.24. The van der Waals surface area contributed by atoms with Crippen molar-refractivity contribution in [2.75, 3.05) is 20.2 Å². The molecule has 2 aromatic carbocycles. The smallest absolute Gasteiger partial charge is 0.332 e. The Morgan fingerprint density at radius 2 is 1.77 bits per heavy atom. The van der Waals surface area contributed by atoms with Crippen molar-refractivity contribution in [3.63, 3.8) is 0 Å². The maximum atomic E-state index is 14.4. The van der Waals surface area contributed by atoms with E-state index in [4.69, 9.17) is 4.74 Å². The molecule has 1 fully saturated rings. The molecule has 6 nitrogen and oxygen atoms in total. The van der Waals surface area contributed by atoms with Crippen molar-refractivity contribution in [1.29, 1.82) is 0 Å². The molecule has 0 bridgehead atoms. The second-order valence-electron chi connectivity index (χ2n) is 8.33. The molecular weight excluding hydrogens is 496 g/mol. The second kappa shape index (κ2) is 10.3. The number of piperidine rings is 1. The first kappa shape index (κ1) is 25.1. The Labute approximate surface area is 210 Å². The number of fused-ring (bicyclic) bond motifs is 1. The van der Waals surface area contributed by atoms with Crippen LogP contribution in [0.2, 0.25) is 0 Å². The number of aromatic nitrogens is 2. The van der Waals surface area contributed by atoms with Crippen molar-refractivity contribution < 1.29 is 13.5 Å². The summed E-state index contributed by atoms with van der Waals surface area (Å²) in [4.78, 5) is 27.9. The first-order chi connectivity index (χ1) is 16.5. The van der Waals surface area contributed by atoms with E-state index >= 15 is 0 Å². The molecule has 10 heteroatoms. The number of hydrogen-bond acceptors (Lipinski definition) is 5.